The molecule has 0 aliphatic heterocycles. The van der Waals surface area contributed by atoms with Gasteiger partial charge in [0.2, 0.25) is 0 Å². The van der Waals surface area contributed by atoms with E-state index in [1.54, 1.807) is 6.08 Å². The Bertz CT molecular complexity index is 622. The Morgan fingerprint density at radius 2 is 1.43 bits per heavy atom. The minimum Gasteiger partial charge on any atom is -0.355 e. The summed E-state index contributed by atoms with van der Waals surface area (Å²) in [6, 6.07) is 19.8. The van der Waals surface area contributed by atoms with Gasteiger partial charge in [-0.1, -0.05) is 69.3 Å². The predicted molar refractivity (Wildman–Crippen MR) is 88.9 cm³/mol. The second kappa shape index (κ2) is 6.40. The average molecular weight is 279 g/mol. The number of nitrogens with one attached hydrogen (secondary N) is 1. The maximum absolute atomic E-state index is 12.3. The second-order valence-corrected chi connectivity index (χ2v) is 6.03. The van der Waals surface area contributed by atoms with Gasteiger partial charge in [-0.3, -0.25) is 4.79 Å². The molecule has 0 atom stereocenters. The number of rotatable bonds is 4. The molecule has 2 nitrogen and oxygen atoms in total. The summed E-state index contributed by atoms with van der Waals surface area (Å²) < 4.78 is 0. The minimum atomic E-state index is -0.390. The summed E-state index contributed by atoms with van der Waals surface area (Å²) in [7, 11) is 0. The van der Waals surface area contributed by atoms with Gasteiger partial charge >= 0.3 is 0 Å². The van der Waals surface area contributed by atoms with E-state index in [4.69, 9.17) is 0 Å². The maximum atomic E-state index is 12.3. The zero-order valence-corrected chi connectivity index (χ0v) is 12.8. The van der Waals surface area contributed by atoms with Gasteiger partial charge < -0.3 is 5.32 Å². The third-order valence-electron chi connectivity index (χ3n) is 3.15. The normalized spacial score (nSPS) is 12.0. The number of ketones is 1. The topological polar surface area (TPSA) is 29.1 Å². The first kappa shape index (κ1) is 15.0. The summed E-state index contributed by atoms with van der Waals surface area (Å²) in [6.45, 7) is 5.78. The number of benzene rings is 2. The molecular formula is C19H21NO. The van der Waals surface area contributed by atoms with E-state index in [2.05, 4.69) is 5.32 Å². The van der Waals surface area contributed by atoms with E-state index in [1.165, 1.54) is 0 Å². The first-order chi connectivity index (χ1) is 9.97. The zero-order chi connectivity index (χ0) is 15.3. The lowest BCUT2D eigenvalue weighted by molar-refractivity contribution is -0.121. The van der Waals surface area contributed by atoms with Crippen LogP contribution in [0.4, 0.5) is 5.69 Å². The van der Waals surface area contributed by atoms with Crippen LogP contribution < -0.4 is 5.32 Å². The van der Waals surface area contributed by atoms with Crippen molar-refractivity contribution in [3.63, 3.8) is 0 Å². The van der Waals surface area contributed by atoms with E-state index in [-0.39, 0.29) is 5.78 Å². The van der Waals surface area contributed by atoms with E-state index >= 15 is 0 Å². The van der Waals surface area contributed by atoms with Gasteiger partial charge in [-0.2, -0.15) is 0 Å². The Hall–Kier alpha value is -2.35. The quantitative estimate of drug-likeness (QED) is 0.818. The first-order valence-electron chi connectivity index (χ1n) is 7.10. The SMILES string of the molecule is CC(C)(C)C(=O)C=C(Nc1ccccc1)c1ccccc1. The Kier molecular flexibility index (Phi) is 4.59. The molecule has 108 valence electrons. The number of anilines is 1. The monoisotopic (exact) mass is 279 g/mol. The summed E-state index contributed by atoms with van der Waals surface area (Å²) in [5.74, 6) is 0.102. The number of hydrogen-bond donors (Lipinski definition) is 1. The summed E-state index contributed by atoms with van der Waals surface area (Å²) >= 11 is 0. The molecule has 2 heteroatoms. The molecule has 0 heterocycles. The Balaban J connectivity index is 2.36. The molecule has 2 aromatic carbocycles. The fourth-order valence-corrected chi connectivity index (χ4v) is 1.83. The van der Waals surface area contributed by atoms with Crippen LogP contribution in [0.1, 0.15) is 26.3 Å². The second-order valence-electron chi connectivity index (χ2n) is 6.03. The highest BCUT2D eigenvalue weighted by atomic mass is 16.1. The van der Waals surface area contributed by atoms with Gasteiger partial charge in [0, 0.05) is 22.9 Å². The van der Waals surface area contributed by atoms with E-state index < -0.39 is 5.41 Å². The average Bonchev–Trinajstić information content (AvgIpc) is 2.47. The maximum Gasteiger partial charge on any atom is 0.163 e. The van der Waals surface area contributed by atoms with Gasteiger partial charge in [0.05, 0.1) is 0 Å². The number of allylic oxidation sites excluding steroid dienone is 1. The fraction of sp³-hybridized carbons (Fsp3) is 0.211. The molecular weight excluding hydrogens is 258 g/mol. The van der Waals surface area contributed by atoms with Crippen LogP contribution in [0.15, 0.2) is 66.7 Å². The third kappa shape index (κ3) is 4.32. The van der Waals surface area contributed by atoms with Crippen molar-refractivity contribution in [2.24, 2.45) is 5.41 Å². The number of carbonyl (C=O) groups is 1. The van der Waals surface area contributed by atoms with Crippen molar-refractivity contribution >= 4 is 17.2 Å². The van der Waals surface area contributed by atoms with Gasteiger partial charge in [-0.15, -0.1) is 0 Å². The predicted octanol–water partition coefficient (Wildman–Crippen LogP) is 4.75. The van der Waals surface area contributed by atoms with Crippen LogP contribution in [-0.4, -0.2) is 5.78 Å². The van der Waals surface area contributed by atoms with Gasteiger partial charge in [-0.25, -0.2) is 0 Å². The highest BCUT2D eigenvalue weighted by Gasteiger charge is 2.20. The summed E-state index contributed by atoms with van der Waals surface area (Å²) in [5, 5.41) is 3.34. The van der Waals surface area contributed by atoms with E-state index in [0.717, 1.165) is 16.9 Å². The van der Waals surface area contributed by atoms with Crippen molar-refractivity contribution in [1.82, 2.24) is 0 Å². The molecule has 0 saturated heterocycles. The van der Waals surface area contributed by atoms with Crippen LogP contribution in [-0.2, 0) is 4.79 Å². The summed E-state index contributed by atoms with van der Waals surface area (Å²) in [6.07, 6.45) is 1.70. The number of hydrogen-bond acceptors (Lipinski definition) is 2. The molecule has 0 amide bonds. The van der Waals surface area contributed by atoms with Crippen molar-refractivity contribution in [2.45, 2.75) is 20.8 Å². The molecule has 0 aliphatic carbocycles. The lowest BCUT2D eigenvalue weighted by Gasteiger charge is -2.17. The molecule has 0 fully saturated rings. The zero-order valence-electron chi connectivity index (χ0n) is 12.8. The van der Waals surface area contributed by atoms with Crippen molar-refractivity contribution in [2.75, 3.05) is 5.32 Å². The molecule has 2 rings (SSSR count). The third-order valence-corrected chi connectivity index (χ3v) is 3.15. The highest BCUT2D eigenvalue weighted by molar-refractivity contribution is 6.01. The fourth-order valence-electron chi connectivity index (χ4n) is 1.83. The lowest BCUT2D eigenvalue weighted by atomic mass is 9.90. The molecule has 0 aliphatic rings. The smallest absolute Gasteiger partial charge is 0.163 e. The molecule has 0 unspecified atom stereocenters. The van der Waals surface area contributed by atoms with Crippen LogP contribution >= 0.6 is 0 Å². The summed E-state index contributed by atoms with van der Waals surface area (Å²) in [5.41, 5.74) is 2.40. The lowest BCUT2D eigenvalue weighted by Crippen LogP contribution is -2.18. The van der Waals surface area contributed by atoms with Gasteiger partial charge in [-0.05, 0) is 17.7 Å². The Morgan fingerprint density at radius 3 is 1.95 bits per heavy atom. The van der Waals surface area contributed by atoms with E-state index in [0.29, 0.717) is 0 Å². The Labute approximate surface area is 126 Å². The number of carbonyl (C=O) groups excluding carboxylic acids is 1. The van der Waals surface area contributed by atoms with Crippen molar-refractivity contribution in [3.8, 4) is 0 Å². The molecule has 21 heavy (non-hydrogen) atoms. The minimum absolute atomic E-state index is 0.102. The molecule has 0 aromatic heterocycles. The van der Waals surface area contributed by atoms with Crippen LogP contribution in [0.25, 0.3) is 5.70 Å². The molecule has 2 aromatic rings. The summed E-state index contributed by atoms with van der Waals surface area (Å²) in [4.78, 5) is 12.3. The van der Waals surface area contributed by atoms with Gasteiger partial charge in [0.25, 0.3) is 0 Å². The van der Waals surface area contributed by atoms with Crippen molar-refractivity contribution in [3.05, 3.63) is 72.3 Å². The van der Waals surface area contributed by atoms with Crippen LogP contribution in [0, 0.1) is 5.41 Å². The molecule has 0 spiro atoms. The number of para-hydroxylation sites is 1. The van der Waals surface area contributed by atoms with Gasteiger partial charge in [0.1, 0.15) is 0 Å². The van der Waals surface area contributed by atoms with Crippen molar-refractivity contribution in [1.29, 1.82) is 0 Å². The van der Waals surface area contributed by atoms with Crippen molar-refractivity contribution < 1.29 is 4.79 Å². The van der Waals surface area contributed by atoms with E-state index in [1.807, 2.05) is 81.4 Å². The molecule has 0 bridgehead atoms. The van der Waals surface area contributed by atoms with Crippen LogP contribution in [0.2, 0.25) is 0 Å². The first-order valence-corrected chi connectivity index (χ1v) is 7.10. The standard InChI is InChI=1S/C19H21NO/c1-19(2,3)18(21)14-17(15-10-6-4-7-11-15)20-16-12-8-5-9-13-16/h4-14,20H,1-3H3. The molecule has 0 radical (unpaired) electrons. The highest BCUT2D eigenvalue weighted by Crippen LogP contribution is 2.22. The van der Waals surface area contributed by atoms with Gasteiger partial charge in [0.15, 0.2) is 5.78 Å². The van der Waals surface area contributed by atoms with E-state index in [9.17, 15) is 4.79 Å². The Morgan fingerprint density at radius 1 is 0.905 bits per heavy atom. The van der Waals surface area contributed by atoms with Crippen LogP contribution in [0.5, 0.6) is 0 Å². The molecule has 1 N–H and O–H groups in total. The molecule has 0 saturated carbocycles. The largest absolute Gasteiger partial charge is 0.355 e. The van der Waals surface area contributed by atoms with Crippen LogP contribution in [0.3, 0.4) is 0 Å².